The van der Waals surface area contributed by atoms with Crippen LogP contribution in [0.4, 0.5) is 5.69 Å². The van der Waals surface area contributed by atoms with Crippen molar-refractivity contribution < 1.29 is 8.42 Å². The van der Waals surface area contributed by atoms with Crippen LogP contribution in [0.1, 0.15) is 19.3 Å². The molecule has 2 unspecified atom stereocenters. The molecule has 1 aromatic rings. The fraction of sp³-hybridized carbons (Fsp3) is 0.538. The molecule has 1 saturated carbocycles. The van der Waals surface area contributed by atoms with E-state index in [0.717, 1.165) is 0 Å². The second-order valence-electron chi connectivity index (χ2n) is 5.34. The summed E-state index contributed by atoms with van der Waals surface area (Å²) in [6, 6.07) is 6.48. The van der Waals surface area contributed by atoms with Crippen LogP contribution < -0.4 is 5.73 Å². The number of fused-ring (bicyclic) bond motifs is 1. The maximum Gasteiger partial charge on any atom is 0.243 e. The number of nitrogens with two attached hydrogens (primary N) is 1. The van der Waals surface area contributed by atoms with Crippen molar-refractivity contribution in [1.82, 2.24) is 4.31 Å². The quantitative estimate of drug-likeness (QED) is 0.829. The van der Waals surface area contributed by atoms with Gasteiger partial charge in [-0.25, -0.2) is 8.42 Å². The summed E-state index contributed by atoms with van der Waals surface area (Å²) in [5.41, 5.74) is 6.18. The van der Waals surface area contributed by atoms with E-state index in [1.807, 2.05) is 0 Å². The smallest absolute Gasteiger partial charge is 0.243 e. The van der Waals surface area contributed by atoms with Crippen LogP contribution in [-0.4, -0.2) is 25.8 Å². The molecule has 3 rings (SSSR count). The molecule has 2 fully saturated rings. The minimum Gasteiger partial charge on any atom is -0.399 e. The van der Waals surface area contributed by atoms with E-state index in [-0.39, 0.29) is 0 Å². The number of hydrogen-bond donors (Lipinski definition) is 1. The van der Waals surface area contributed by atoms with Gasteiger partial charge in [0.25, 0.3) is 0 Å². The lowest BCUT2D eigenvalue weighted by atomic mass is 10.0. The van der Waals surface area contributed by atoms with E-state index in [2.05, 4.69) is 0 Å². The Kier molecular flexibility index (Phi) is 2.83. The van der Waals surface area contributed by atoms with Gasteiger partial charge < -0.3 is 5.73 Å². The number of anilines is 1. The first kappa shape index (κ1) is 12.0. The van der Waals surface area contributed by atoms with Crippen molar-refractivity contribution in [2.75, 3.05) is 18.8 Å². The highest BCUT2D eigenvalue weighted by Crippen LogP contribution is 2.39. The Hall–Kier alpha value is -1.07. The molecule has 1 aliphatic heterocycles. The molecule has 0 radical (unpaired) electrons. The van der Waals surface area contributed by atoms with Crippen LogP contribution in [0.2, 0.25) is 0 Å². The zero-order valence-electron chi connectivity index (χ0n) is 10.2. The van der Waals surface area contributed by atoms with Crippen LogP contribution in [0.3, 0.4) is 0 Å². The molecule has 0 spiro atoms. The molecule has 18 heavy (non-hydrogen) atoms. The zero-order valence-corrected chi connectivity index (χ0v) is 11.1. The first-order valence-electron chi connectivity index (χ1n) is 6.43. The average Bonchev–Trinajstić information content (AvgIpc) is 2.89. The molecular formula is C13H18N2O2S. The highest BCUT2D eigenvalue weighted by Gasteiger charge is 2.41. The van der Waals surface area contributed by atoms with Crippen molar-refractivity contribution in [3.05, 3.63) is 24.3 Å². The summed E-state index contributed by atoms with van der Waals surface area (Å²) in [4.78, 5) is 0.358. The number of hydrogen-bond acceptors (Lipinski definition) is 3. The predicted molar refractivity (Wildman–Crippen MR) is 70.4 cm³/mol. The Bertz CT molecular complexity index is 527. The van der Waals surface area contributed by atoms with Crippen molar-refractivity contribution in [1.29, 1.82) is 0 Å². The van der Waals surface area contributed by atoms with Crippen molar-refractivity contribution in [2.24, 2.45) is 11.8 Å². The normalized spacial score (nSPS) is 28.4. The van der Waals surface area contributed by atoms with Gasteiger partial charge in [0, 0.05) is 18.8 Å². The molecule has 2 N–H and O–H groups in total. The van der Waals surface area contributed by atoms with E-state index in [9.17, 15) is 8.42 Å². The van der Waals surface area contributed by atoms with Crippen LogP contribution in [0.15, 0.2) is 29.2 Å². The summed E-state index contributed by atoms with van der Waals surface area (Å²) in [5.74, 6) is 1.15. The molecule has 1 saturated heterocycles. The summed E-state index contributed by atoms with van der Waals surface area (Å²) in [6.07, 6.45) is 3.61. The van der Waals surface area contributed by atoms with Crippen LogP contribution in [0.25, 0.3) is 0 Å². The van der Waals surface area contributed by atoms with Gasteiger partial charge in [-0.3, -0.25) is 0 Å². The molecule has 0 aromatic heterocycles. The number of benzene rings is 1. The Labute approximate surface area is 108 Å². The first-order chi connectivity index (χ1) is 8.57. The largest absolute Gasteiger partial charge is 0.399 e. The molecule has 1 aromatic carbocycles. The lowest BCUT2D eigenvalue weighted by Crippen LogP contribution is -2.29. The van der Waals surface area contributed by atoms with E-state index in [0.29, 0.717) is 35.5 Å². The van der Waals surface area contributed by atoms with Gasteiger partial charge in [-0.05, 0) is 48.9 Å². The summed E-state index contributed by atoms with van der Waals surface area (Å²) >= 11 is 0. The SMILES string of the molecule is Nc1ccc(S(=O)(=O)N2CC3CCCC3C2)cc1. The van der Waals surface area contributed by atoms with Crippen LogP contribution >= 0.6 is 0 Å². The van der Waals surface area contributed by atoms with Gasteiger partial charge >= 0.3 is 0 Å². The second kappa shape index (κ2) is 4.24. The summed E-state index contributed by atoms with van der Waals surface area (Å²) in [6.45, 7) is 1.38. The molecular weight excluding hydrogens is 248 g/mol. The molecule has 2 aliphatic rings. The van der Waals surface area contributed by atoms with Gasteiger partial charge in [0.2, 0.25) is 10.0 Å². The molecule has 1 heterocycles. The van der Waals surface area contributed by atoms with Crippen molar-refractivity contribution in [3.63, 3.8) is 0 Å². The monoisotopic (exact) mass is 266 g/mol. The topological polar surface area (TPSA) is 63.4 Å². The van der Waals surface area contributed by atoms with Gasteiger partial charge in [-0.2, -0.15) is 4.31 Å². The third-order valence-corrected chi connectivity index (χ3v) is 6.06. The average molecular weight is 266 g/mol. The minimum absolute atomic E-state index is 0.358. The molecule has 98 valence electrons. The minimum atomic E-state index is -3.32. The number of nitrogen functional groups attached to an aromatic ring is 1. The van der Waals surface area contributed by atoms with Gasteiger partial charge in [-0.1, -0.05) is 6.42 Å². The standard InChI is InChI=1S/C13H18N2O2S/c14-12-4-6-13(7-5-12)18(16,17)15-8-10-2-1-3-11(10)9-15/h4-7,10-11H,1-3,8-9,14H2. The Morgan fingerprint density at radius 3 is 2.17 bits per heavy atom. The summed E-state index contributed by atoms with van der Waals surface area (Å²) in [5, 5.41) is 0. The molecule has 0 bridgehead atoms. The molecule has 1 aliphatic carbocycles. The van der Waals surface area contributed by atoms with E-state index < -0.39 is 10.0 Å². The summed E-state index contributed by atoms with van der Waals surface area (Å²) < 4.78 is 26.6. The summed E-state index contributed by atoms with van der Waals surface area (Å²) in [7, 11) is -3.32. The Morgan fingerprint density at radius 2 is 1.61 bits per heavy atom. The fourth-order valence-electron chi connectivity index (χ4n) is 3.18. The van der Waals surface area contributed by atoms with Gasteiger partial charge in [0.05, 0.1) is 4.90 Å². The number of sulfonamides is 1. The van der Waals surface area contributed by atoms with Gasteiger partial charge in [-0.15, -0.1) is 0 Å². The number of rotatable bonds is 2. The molecule has 2 atom stereocenters. The van der Waals surface area contributed by atoms with Gasteiger partial charge in [0.15, 0.2) is 0 Å². The van der Waals surface area contributed by atoms with Crippen LogP contribution in [-0.2, 0) is 10.0 Å². The van der Waals surface area contributed by atoms with E-state index in [1.54, 1.807) is 28.6 Å². The highest BCUT2D eigenvalue weighted by molar-refractivity contribution is 7.89. The molecule has 0 amide bonds. The van der Waals surface area contributed by atoms with Crippen LogP contribution in [0, 0.1) is 11.8 Å². The maximum absolute atomic E-state index is 12.5. The zero-order chi connectivity index (χ0) is 12.8. The lowest BCUT2D eigenvalue weighted by molar-refractivity contribution is 0.445. The third-order valence-electron chi connectivity index (χ3n) is 4.21. The highest BCUT2D eigenvalue weighted by atomic mass is 32.2. The second-order valence-corrected chi connectivity index (χ2v) is 7.28. The van der Waals surface area contributed by atoms with Gasteiger partial charge in [0.1, 0.15) is 0 Å². The van der Waals surface area contributed by atoms with Crippen LogP contribution in [0.5, 0.6) is 0 Å². The molecule has 5 heteroatoms. The van der Waals surface area contributed by atoms with E-state index in [1.165, 1.54) is 19.3 Å². The van der Waals surface area contributed by atoms with E-state index in [4.69, 9.17) is 5.73 Å². The lowest BCUT2D eigenvalue weighted by Gasteiger charge is -2.17. The van der Waals surface area contributed by atoms with Crippen molar-refractivity contribution in [3.8, 4) is 0 Å². The van der Waals surface area contributed by atoms with Crippen molar-refractivity contribution >= 4 is 15.7 Å². The fourth-order valence-corrected chi connectivity index (χ4v) is 4.73. The third kappa shape index (κ3) is 1.91. The van der Waals surface area contributed by atoms with E-state index >= 15 is 0 Å². The Morgan fingerprint density at radius 1 is 1.06 bits per heavy atom. The first-order valence-corrected chi connectivity index (χ1v) is 7.87. The Balaban J connectivity index is 1.85. The molecule has 4 nitrogen and oxygen atoms in total. The maximum atomic E-state index is 12.5. The van der Waals surface area contributed by atoms with Crippen molar-refractivity contribution in [2.45, 2.75) is 24.2 Å². The number of nitrogens with zero attached hydrogens (tertiary/aromatic N) is 1. The predicted octanol–water partition coefficient (Wildman–Crippen LogP) is 1.69.